The fourth-order valence-corrected chi connectivity index (χ4v) is 1.94. The minimum Gasteiger partial charge on any atom is -0.486 e. The summed E-state index contributed by atoms with van der Waals surface area (Å²) in [7, 11) is 0. The van der Waals surface area contributed by atoms with Crippen LogP contribution in [0.5, 0.6) is 11.5 Å². The summed E-state index contributed by atoms with van der Waals surface area (Å²) in [6.45, 7) is 3.52. The van der Waals surface area contributed by atoms with Crippen molar-refractivity contribution in [3.05, 3.63) is 23.8 Å². The summed E-state index contributed by atoms with van der Waals surface area (Å²) >= 11 is 0. The van der Waals surface area contributed by atoms with Gasteiger partial charge in [0.15, 0.2) is 17.8 Å². The molecule has 0 aromatic heterocycles. The van der Waals surface area contributed by atoms with Crippen LogP contribution in [0.1, 0.15) is 12.5 Å². The smallest absolute Gasteiger partial charge is 0.315 e. The van der Waals surface area contributed by atoms with E-state index in [0.29, 0.717) is 37.9 Å². The molecule has 0 bridgehead atoms. The van der Waals surface area contributed by atoms with Crippen LogP contribution in [0.4, 0.5) is 4.79 Å². The molecule has 3 N–H and O–H groups in total. The highest BCUT2D eigenvalue weighted by Gasteiger charge is 2.15. The van der Waals surface area contributed by atoms with Gasteiger partial charge in [-0.05, 0) is 13.0 Å². The molecule has 1 aromatic rings. The maximum Gasteiger partial charge on any atom is 0.315 e. The number of rotatable bonds is 6. The lowest BCUT2D eigenvalue weighted by Crippen LogP contribution is -2.40. The van der Waals surface area contributed by atoms with E-state index in [0.717, 1.165) is 5.56 Å². The van der Waals surface area contributed by atoms with Gasteiger partial charge >= 0.3 is 6.03 Å². The number of aliphatic hydroxyl groups excluding tert-OH is 1. The SMILES string of the molecule is CCOC(O)CNC(=O)NCc1cccc2c1OCCO2. The van der Waals surface area contributed by atoms with Gasteiger partial charge in [0.05, 0.1) is 6.54 Å². The molecule has 1 unspecified atom stereocenters. The molecule has 0 fully saturated rings. The minimum absolute atomic E-state index is 0.0339. The molecule has 1 aliphatic rings. The standard InChI is InChI=1S/C14H20N2O5/c1-2-19-12(17)9-16-14(18)15-8-10-4-3-5-11-13(10)21-7-6-20-11/h3-5,12,17H,2,6-9H2,1H3,(H2,15,16,18). The molecule has 1 aromatic carbocycles. The number of benzene rings is 1. The van der Waals surface area contributed by atoms with Crippen LogP contribution in [0.25, 0.3) is 0 Å². The Balaban J connectivity index is 1.81. The molecule has 1 heterocycles. The normalized spacial score (nSPS) is 14.4. The maximum atomic E-state index is 11.6. The van der Waals surface area contributed by atoms with Gasteiger partial charge in [-0.1, -0.05) is 12.1 Å². The van der Waals surface area contributed by atoms with Crippen molar-refractivity contribution in [2.24, 2.45) is 0 Å². The average Bonchev–Trinajstić information content (AvgIpc) is 2.51. The van der Waals surface area contributed by atoms with Crippen LogP contribution in [-0.2, 0) is 11.3 Å². The molecule has 0 saturated carbocycles. The molecule has 0 radical (unpaired) electrons. The number of ether oxygens (including phenoxy) is 3. The highest BCUT2D eigenvalue weighted by Crippen LogP contribution is 2.33. The van der Waals surface area contributed by atoms with Gasteiger partial charge in [0, 0.05) is 18.7 Å². The Kier molecular flexibility index (Phi) is 5.65. The first-order chi connectivity index (χ1) is 10.2. The first kappa shape index (κ1) is 15.4. The van der Waals surface area contributed by atoms with Crippen LogP contribution in [0.15, 0.2) is 18.2 Å². The van der Waals surface area contributed by atoms with Crippen molar-refractivity contribution in [1.29, 1.82) is 0 Å². The largest absolute Gasteiger partial charge is 0.486 e. The van der Waals surface area contributed by atoms with Gasteiger partial charge in [-0.2, -0.15) is 0 Å². The molecule has 1 atom stereocenters. The number of carbonyl (C=O) groups is 1. The molecule has 21 heavy (non-hydrogen) atoms. The second-order valence-electron chi connectivity index (χ2n) is 4.41. The Hall–Kier alpha value is -1.99. The Labute approximate surface area is 123 Å². The van der Waals surface area contributed by atoms with Gasteiger partial charge in [0.1, 0.15) is 13.2 Å². The van der Waals surface area contributed by atoms with Crippen molar-refractivity contribution >= 4 is 6.03 Å². The number of nitrogens with one attached hydrogen (secondary N) is 2. The second kappa shape index (κ2) is 7.70. The number of fused-ring (bicyclic) bond motifs is 1. The van der Waals surface area contributed by atoms with E-state index in [9.17, 15) is 9.90 Å². The molecule has 0 spiro atoms. The molecule has 116 valence electrons. The molecule has 2 rings (SSSR count). The third-order valence-corrected chi connectivity index (χ3v) is 2.88. The fourth-order valence-electron chi connectivity index (χ4n) is 1.94. The maximum absolute atomic E-state index is 11.6. The van der Waals surface area contributed by atoms with Crippen LogP contribution in [0.3, 0.4) is 0 Å². The summed E-state index contributed by atoms with van der Waals surface area (Å²) in [5.41, 5.74) is 0.840. The number of urea groups is 1. The van der Waals surface area contributed by atoms with E-state index in [-0.39, 0.29) is 12.6 Å². The third-order valence-electron chi connectivity index (χ3n) is 2.88. The Bertz CT molecular complexity index is 480. The molecule has 2 amide bonds. The van der Waals surface area contributed by atoms with E-state index in [2.05, 4.69) is 10.6 Å². The summed E-state index contributed by atoms with van der Waals surface area (Å²) in [6, 6.07) is 5.16. The van der Waals surface area contributed by atoms with Gasteiger partial charge in [-0.15, -0.1) is 0 Å². The van der Waals surface area contributed by atoms with Crippen molar-refractivity contribution in [3.63, 3.8) is 0 Å². The lowest BCUT2D eigenvalue weighted by Gasteiger charge is -2.21. The lowest BCUT2D eigenvalue weighted by molar-refractivity contribution is -0.0897. The van der Waals surface area contributed by atoms with Crippen molar-refractivity contribution in [3.8, 4) is 11.5 Å². The average molecular weight is 296 g/mol. The van der Waals surface area contributed by atoms with Crippen LogP contribution in [0, 0.1) is 0 Å². The first-order valence-electron chi connectivity index (χ1n) is 6.89. The highest BCUT2D eigenvalue weighted by molar-refractivity contribution is 5.74. The molecule has 0 saturated heterocycles. The number of amides is 2. The quantitative estimate of drug-likeness (QED) is 0.669. The number of carbonyl (C=O) groups excluding carboxylic acids is 1. The van der Waals surface area contributed by atoms with E-state index >= 15 is 0 Å². The number of hydrogen-bond acceptors (Lipinski definition) is 5. The third kappa shape index (κ3) is 4.51. The Morgan fingerprint density at radius 2 is 2.19 bits per heavy atom. The van der Waals surface area contributed by atoms with E-state index in [4.69, 9.17) is 14.2 Å². The zero-order chi connectivity index (χ0) is 15.1. The van der Waals surface area contributed by atoms with Gasteiger partial charge in [0.2, 0.25) is 0 Å². The zero-order valence-corrected chi connectivity index (χ0v) is 11.9. The molecular formula is C14H20N2O5. The van der Waals surface area contributed by atoms with E-state index in [1.807, 2.05) is 18.2 Å². The lowest BCUT2D eigenvalue weighted by atomic mass is 10.1. The molecule has 7 nitrogen and oxygen atoms in total. The van der Waals surface area contributed by atoms with Gasteiger partial charge in [0.25, 0.3) is 0 Å². The van der Waals surface area contributed by atoms with Crippen molar-refractivity contribution in [2.75, 3.05) is 26.4 Å². The van der Waals surface area contributed by atoms with Crippen LogP contribution in [0.2, 0.25) is 0 Å². The predicted octanol–water partition coefficient (Wildman–Crippen LogP) is 0.612. The van der Waals surface area contributed by atoms with Crippen LogP contribution >= 0.6 is 0 Å². The molecule has 1 aliphatic heterocycles. The Morgan fingerprint density at radius 1 is 1.38 bits per heavy atom. The second-order valence-corrected chi connectivity index (χ2v) is 4.41. The molecular weight excluding hydrogens is 276 g/mol. The van der Waals surface area contributed by atoms with Gasteiger partial charge in [-0.3, -0.25) is 0 Å². The first-order valence-corrected chi connectivity index (χ1v) is 6.89. The van der Waals surface area contributed by atoms with Gasteiger partial charge < -0.3 is 30.0 Å². The summed E-state index contributed by atoms with van der Waals surface area (Å²) in [6.07, 6.45) is -0.998. The van der Waals surface area contributed by atoms with E-state index in [1.54, 1.807) is 6.92 Å². The number of hydrogen-bond donors (Lipinski definition) is 3. The van der Waals surface area contributed by atoms with Crippen LogP contribution in [-0.4, -0.2) is 43.8 Å². The summed E-state index contributed by atoms with van der Waals surface area (Å²) < 4.78 is 15.9. The number of aliphatic hydroxyl groups is 1. The van der Waals surface area contributed by atoms with E-state index in [1.165, 1.54) is 0 Å². The molecule has 7 heteroatoms. The summed E-state index contributed by atoms with van der Waals surface area (Å²) in [4.78, 5) is 11.6. The predicted molar refractivity (Wildman–Crippen MR) is 75.3 cm³/mol. The summed E-state index contributed by atoms with van der Waals surface area (Å²) in [5, 5.41) is 14.6. The molecule has 0 aliphatic carbocycles. The van der Waals surface area contributed by atoms with Crippen molar-refractivity contribution in [2.45, 2.75) is 19.8 Å². The fraction of sp³-hybridized carbons (Fsp3) is 0.500. The van der Waals surface area contributed by atoms with Gasteiger partial charge in [-0.25, -0.2) is 4.79 Å². The minimum atomic E-state index is -0.998. The van der Waals surface area contributed by atoms with Crippen molar-refractivity contribution in [1.82, 2.24) is 10.6 Å². The monoisotopic (exact) mass is 296 g/mol. The van der Waals surface area contributed by atoms with Crippen molar-refractivity contribution < 1.29 is 24.1 Å². The topological polar surface area (TPSA) is 89.1 Å². The highest BCUT2D eigenvalue weighted by atomic mass is 16.6. The Morgan fingerprint density at radius 3 is 3.00 bits per heavy atom. The van der Waals surface area contributed by atoms with Crippen LogP contribution < -0.4 is 20.1 Å². The zero-order valence-electron chi connectivity index (χ0n) is 11.9. The number of para-hydroxylation sites is 1. The summed E-state index contributed by atoms with van der Waals surface area (Å²) in [5.74, 6) is 1.35. The van der Waals surface area contributed by atoms with E-state index < -0.39 is 6.29 Å².